The lowest BCUT2D eigenvalue weighted by molar-refractivity contribution is -0.173. The monoisotopic (exact) mass is 384 g/mol. The minimum absolute atomic E-state index is 0.00477. The van der Waals surface area contributed by atoms with Crippen LogP contribution in [0.4, 0.5) is 18.0 Å². The third-order valence-electron chi connectivity index (χ3n) is 2.78. The van der Waals surface area contributed by atoms with Gasteiger partial charge in [0.25, 0.3) is 0 Å². The van der Waals surface area contributed by atoms with Gasteiger partial charge in [-0.3, -0.25) is 4.99 Å². The average molecular weight is 384 g/mol. The average Bonchev–Trinajstić information content (AvgIpc) is 2.41. The molecule has 0 radical (unpaired) electrons. The van der Waals surface area contributed by atoms with Crippen LogP contribution in [0.25, 0.3) is 0 Å². The molecule has 0 spiro atoms. The van der Waals surface area contributed by atoms with Crippen LogP contribution >= 0.6 is 0 Å². The van der Waals surface area contributed by atoms with Crippen molar-refractivity contribution in [1.29, 1.82) is 0 Å². The van der Waals surface area contributed by atoms with Crippen molar-refractivity contribution in [3.8, 4) is 0 Å². The Labute approximate surface area is 153 Å². The number of carbonyl (C=O) groups excluding carboxylic acids is 1. The Morgan fingerprint density at radius 1 is 1.08 bits per heavy atom. The molecule has 0 unspecified atom stereocenters. The van der Waals surface area contributed by atoms with Crippen molar-refractivity contribution < 1.29 is 27.4 Å². The number of alkyl carbamates (subject to hydrolysis) is 1. The first kappa shape index (κ1) is 24.3. The van der Waals surface area contributed by atoms with E-state index >= 15 is 0 Å². The molecule has 0 fully saturated rings. The molecule has 10 heteroatoms. The number of nitrogens with zero attached hydrogens (tertiary/aromatic N) is 1. The highest BCUT2D eigenvalue weighted by atomic mass is 19.4. The highest BCUT2D eigenvalue weighted by Crippen LogP contribution is 2.14. The second-order valence-electron chi connectivity index (χ2n) is 7.38. The number of alkyl halides is 3. The first-order chi connectivity index (χ1) is 11.7. The first-order valence-electron chi connectivity index (χ1n) is 8.34. The topological polar surface area (TPSA) is 84.0 Å². The molecule has 26 heavy (non-hydrogen) atoms. The Morgan fingerprint density at radius 3 is 2.19 bits per heavy atom. The summed E-state index contributed by atoms with van der Waals surface area (Å²) in [5.41, 5.74) is -1.19. The molecule has 0 aliphatic carbocycles. The molecule has 0 aliphatic rings. The molecule has 3 N–H and O–H groups in total. The van der Waals surface area contributed by atoms with Crippen LogP contribution in [0.15, 0.2) is 4.99 Å². The fourth-order valence-corrected chi connectivity index (χ4v) is 1.72. The Kier molecular flexibility index (Phi) is 9.75. The molecule has 154 valence electrons. The molecule has 1 amide bonds. The molecule has 0 atom stereocenters. The maximum atomic E-state index is 11.9. The zero-order chi connectivity index (χ0) is 20.4. The molecule has 0 aromatic rings. The van der Waals surface area contributed by atoms with E-state index < -0.39 is 30.0 Å². The maximum absolute atomic E-state index is 11.9. The van der Waals surface area contributed by atoms with E-state index in [0.717, 1.165) is 0 Å². The van der Waals surface area contributed by atoms with E-state index in [1.807, 2.05) is 13.8 Å². The van der Waals surface area contributed by atoms with Crippen molar-refractivity contribution in [1.82, 2.24) is 16.0 Å². The van der Waals surface area contributed by atoms with E-state index in [0.29, 0.717) is 25.5 Å². The summed E-state index contributed by atoms with van der Waals surface area (Å²) in [6.45, 7) is 8.50. The minimum Gasteiger partial charge on any atom is -0.444 e. The van der Waals surface area contributed by atoms with Gasteiger partial charge >= 0.3 is 12.3 Å². The van der Waals surface area contributed by atoms with Gasteiger partial charge in [0.15, 0.2) is 5.96 Å². The van der Waals surface area contributed by atoms with Gasteiger partial charge in [-0.25, -0.2) is 4.79 Å². The van der Waals surface area contributed by atoms with Gasteiger partial charge in [-0.05, 0) is 41.0 Å². The number of hydrogen-bond acceptors (Lipinski definition) is 4. The predicted molar refractivity (Wildman–Crippen MR) is 94.3 cm³/mol. The number of ether oxygens (including phenoxy) is 2. The summed E-state index contributed by atoms with van der Waals surface area (Å²) in [4.78, 5) is 15.8. The third-order valence-corrected chi connectivity index (χ3v) is 2.78. The van der Waals surface area contributed by atoms with Crippen LogP contribution < -0.4 is 16.0 Å². The number of nitrogens with one attached hydrogen (secondary N) is 3. The molecule has 0 bridgehead atoms. The van der Waals surface area contributed by atoms with Crippen LogP contribution in [-0.4, -0.2) is 62.7 Å². The number of carbonyl (C=O) groups is 1. The van der Waals surface area contributed by atoms with Crippen LogP contribution in [0.5, 0.6) is 0 Å². The van der Waals surface area contributed by atoms with E-state index in [9.17, 15) is 18.0 Å². The van der Waals surface area contributed by atoms with Gasteiger partial charge in [0.1, 0.15) is 12.2 Å². The normalized spacial score (nSPS) is 13.3. The second-order valence-corrected chi connectivity index (χ2v) is 7.38. The Bertz CT molecular complexity index is 461. The van der Waals surface area contributed by atoms with Gasteiger partial charge in [-0.15, -0.1) is 0 Å². The zero-order valence-electron chi connectivity index (χ0n) is 16.3. The molecule has 0 aromatic carbocycles. The quantitative estimate of drug-likeness (QED) is 0.340. The molecular formula is C16H31F3N4O3. The minimum atomic E-state index is -4.31. The van der Waals surface area contributed by atoms with E-state index in [4.69, 9.17) is 4.74 Å². The van der Waals surface area contributed by atoms with Gasteiger partial charge in [0, 0.05) is 26.7 Å². The molecule has 0 saturated heterocycles. The molecule has 0 rings (SSSR count). The van der Waals surface area contributed by atoms with Crippen molar-refractivity contribution in [3.05, 3.63) is 0 Å². The second kappa shape index (κ2) is 10.4. The summed E-state index contributed by atoms with van der Waals surface area (Å²) in [7, 11) is 1.57. The molecule has 7 nitrogen and oxygen atoms in total. The van der Waals surface area contributed by atoms with Crippen LogP contribution in [0, 0.1) is 0 Å². The summed E-state index contributed by atoms with van der Waals surface area (Å²) in [5, 5.41) is 8.76. The lowest BCUT2D eigenvalue weighted by Crippen LogP contribution is -2.54. The summed E-state index contributed by atoms with van der Waals surface area (Å²) in [6, 6.07) is 0. The van der Waals surface area contributed by atoms with Gasteiger partial charge in [-0.1, -0.05) is 0 Å². The SMILES string of the molecule is CN=C(NCCCOCC(F)(F)F)NCC(C)(C)NC(=O)OC(C)(C)C. The third kappa shape index (κ3) is 14.6. The number of halogens is 3. The highest BCUT2D eigenvalue weighted by molar-refractivity contribution is 5.79. The van der Waals surface area contributed by atoms with Crippen molar-refractivity contribution in [2.45, 2.75) is 58.4 Å². The van der Waals surface area contributed by atoms with Crippen molar-refractivity contribution in [2.75, 3.05) is 33.4 Å². The molecule has 0 heterocycles. The maximum Gasteiger partial charge on any atom is 0.411 e. The zero-order valence-corrected chi connectivity index (χ0v) is 16.3. The van der Waals surface area contributed by atoms with E-state index in [1.54, 1.807) is 27.8 Å². The summed E-state index contributed by atoms with van der Waals surface area (Å²) in [6.07, 6.45) is -4.43. The lowest BCUT2D eigenvalue weighted by Gasteiger charge is -2.29. The fourth-order valence-electron chi connectivity index (χ4n) is 1.72. The van der Waals surface area contributed by atoms with E-state index in [-0.39, 0.29) is 6.61 Å². The molecular weight excluding hydrogens is 353 g/mol. The standard InChI is InChI=1S/C16H31F3N4O3/c1-14(2,3)26-13(24)23-15(4,5)10-22-12(20-6)21-8-7-9-25-11-16(17,18)19/h7-11H2,1-6H3,(H,23,24)(H2,20,21,22). The van der Waals surface area contributed by atoms with Crippen LogP contribution in [-0.2, 0) is 9.47 Å². The number of guanidine groups is 1. The van der Waals surface area contributed by atoms with Gasteiger partial charge < -0.3 is 25.4 Å². The van der Waals surface area contributed by atoms with E-state index in [1.165, 1.54) is 0 Å². The Balaban J connectivity index is 4.10. The fraction of sp³-hybridized carbons (Fsp3) is 0.875. The molecule has 0 saturated carbocycles. The van der Waals surface area contributed by atoms with Gasteiger partial charge in [0.05, 0.1) is 5.54 Å². The number of aliphatic imine (C=N–C) groups is 1. The van der Waals surface area contributed by atoms with Crippen LogP contribution in [0.1, 0.15) is 41.0 Å². The largest absolute Gasteiger partial charge is 0.444 e. The van der Waals surface area contributed by atoms with Crippen molar-refractivity contribution >= 4 is 12.1 Å². The Morgan fingerprint density at radius 2 is 1.69 bits per heavy atom. The predicted octanol–water partition coefficient (Wildman–Crippen LogP) is 2.42. The van der Waals surface area contributed by atoms with Crippen molar-refractivity contribution in [3.63, 3.8) is 0 Å². The summed E-state index contributed by atoms with van der Waals surface area (Å²) >= 11 is 0. The summed E-state index contributed by atoms with van der Waals surface area (Å²) in [5.74, 6) is 0.472. The lowest BCUT2D eigenvalue weighted by atomic mass is 10.1. The van der Waals surface area contributed by atoms with Crippen LogP contribution in [0.2, 0.25) is 0 Å². The smallest absolute Gasteiger partial charge is 0.411 e. The van der Waals surface area contributed by atoms with Crippen LogP contribution in [0.3, 0.4) is 0 Å². The Hall–Kier alpha value is -1.71. The first-order valence-corrected chi connectivity index (χ1v) is 8.34. The molecule has 0 aliphatic heterocycles. The summed E-state index contributed by atoms with van der Waals surface area (Å²) < 4.78 is 45.5. The number of amides is 1. The van der Waals surface area contributed by atoms with Gasteiger partial charge in [0.2, 0.25) is 0 Å². The molecule has 0 aromatic heterocycles. The number of hydrogen-bond donors (Lipinski definition) is 3. The van der Waals surface area contributed by atoms with Crippen molar-refractivity contribution in [2.24, 2.45) is 4.99 Å². The number of rotatable bonds is 8. The van der Waals surface area contributed by atoms with Gasteiger partial charge in [-0.2, -0.15) is 13.2 Å². The highest BCUT2D eigenvalue weighted by Gasteiger charge is 2.27. The van der Waals surface area contributed by atoms with E-state index in [2.05, 4.69) is 25.7 Å².